The second-order valence-corrected chi connectivity index (χ2v) is 6.23. The summed E-state index contributed by atoms with van der Waals surface area (Å²) in [6.07, 6.45) is 4.74. The highest BCUT2D eigenvalue weighted by Crippen LogP contribution is 2.25. The number of anilines is 1. The second kappa shape index (κ2) is 6.19. The summed E-state index contributed by atoms with van der Waals surface area (Å²) in [4.78, 5) is 22.6. The molecule has 2 aromatic heterocycles. The molecule has 1 aliphatic rings. The molecule has 3 aromatic rings. The van der Waals surface area contributed by atoms with Crippen molar-refractivity contribution in [2.75, 3.05) is 18.0 Å². The van der Waals surface area contributed by atoms with Gasteiger partial charge in [-0.1, -0.05) is 0 Å². The molecular formula is C17H18FN5O2. The minimum Gasteiger partial charge on any atom is -0.423 e. The molecule has 0 aliphatic carbocycles. The van der Waals surface area contributed by atoms with Crippen LogP contribution in [0.3, 0.4) is 0 Å². The number of benzene rings is 1. The Balaban J connectivity index is 1.39. The van der Waals surface area contributed by atoms with E-state index in [0.717, 1.165) is 12.8 Å². The van der Waals surface area contributed by atoms with E-state index in [-0.39, 0.29) is 17.8 Å². The minimum absolute atomic E-state index is 0.0977. The average Bonchev–Trinajstić information content (AvgIpc) is 3.21. The lowest BCUT2D eigenvalue weighted by Gasteiger charge is -2.31. The van der Waals surface area contributed by atoms with Crippen molar-refractivity contribution in [3.05, 3.63) is 42.2 Å². The van der Waals surface area contributed by atoms with Crippen LogP contribution in [0.2, 0.25) is 0 Å². The summed E-state index contributed by atoms with van der Waals surface area (Å²) in [7, 11) is 1.79. The first-order chi connectivity index (χ1) is 12.1. The van der Waals surface area contributed by atoms with Crippen LogP contribution in [0.5, 0.6) is 0 Å². The van der Waals surface area contributed by atoms with Crippen molar-refractivity contribution < 1.29 is 13.6 Å². The zero-order valence-corrected chi connectivity index (χ0v) is 13.8. The predicted octanol–water partition coefficient (Wildman–Crippen LogP) is 2.10. The number of aromatic nitrogens is 3. The third kappa shape index (κ3) is 3.07. The minimum atomic E-state index is -0.341. The number of aryl methyl sites for hydroxylation is 1. The number of imidazole rings is 1. The van der Waals surface area contributed by atoms with Crippen LogP contribution in [-0.4, -0.2) is 39.6 Å². The Hall–Kier alpha value is -2.90. The molecule has 0 spiro atoms. The lowest BCUT2D eigenvalue weighted by molar-refractivity contribution is 0.0922. The number of fused-ring (bicyclic) bond motifs is 1. The molecule has 1 aromatic carbocycles. The number of rotatable bonds is 3. The third-order valence-electron chi connectivity index (χ3n) is 4.49. The van der Waals surface area contributed by atoms with Gasteiger partial charge < -0.3 is 19.2 Å². The molecule has 0 atom stereocenters. The smallest absolute Gasteiger partial charge is 0.298 e. The maximum absolute atomic E-state index is 13.3. The van der Waals surface area contributed by atoms with Gasteiger partial charge in [0.05, 0.1) is 12.5 Å². The van der Waals surface area contributed by atoms with E-state index in [2.05, 4.69) is 15.3 Å². The van der Waals surface area contributed by atoms with Crippen LogP contribution in [0.25, 0.3) is 11.1 Å². The number of nitrogens with one attached hydrogen (secondary N) is 1. The largest absolute Gasteiger partial charge is 0.423 e. The fourth-order valence-corrected chi connectivity index (χ4v) is 3.07. The molecule has 0 unspecified atom stereocenters. The number of oxazole rings is 1. The summed E-state index contributed by atoms with van der Waals surface area (Å²) in [6, 6.07) is 4.91. The first-order valence-corrected chi connectivity index (χ1v) is 8.18. The van der Waals surface area contributed by atoms with Crippen molar-refractivity contribution in [2.24, 2.45) is 7.05 Å². The van der Waals surface area contributed by atoms with Gasteiger partial charge in [-0.25, -0.2) is 9.37 Å². The Morgan fingerprint density at radius 3 is 2.88 bits per heavy atom. The fraction of sp³-hybridized carbons (Fsp3) is 0.353. The quantitative estimate of drug-likeness (QED) is 0.788. The van der Waals surface area contributed by atoms with E-state index < -0.39 is 0 Å². The summed E-state index contributed by atoms with van der Waals surface area (Å²) >= 11 is 0. The van der Waals surface area contributed by atoms with Gasteiger partial charge in [-0.2, -0.15) is 4.98 Å². The molecule has 130 valence electrons. The van der Waals surface area contributed by atoms with Crippen molar-refractivity contribution >= 4 is 23.0 Å². The Morgan fingerprint density at radius 1 is 1.36 bits per heavy atom. The van der Waals surface area contributed by atoms with Crippen molar-refractivity contribution in [3.8, 4) is 0 Å². The molecule has 3 heterocycles. The third-order valence-corrected chi connectivity index (χ3v) is 4.49. The van der Waals surface area contributed by atoms with Crippen molar-refractivity contribution in [2.45, 2.75) is 18.9 Å². The molecular weight excluding hydrogens is 325 g/mol. The van der Waals surface area contributed by atoms with Crippen LogP contribution in [-0.2, 0) is 7.05 Å². The summed E-state index contributed by atoms with van der Waals surface area (Å²) < 4.78 is 20.6. The fourth-order valence-electron chi connectivity index (χ4n) is 3.07. The summed E-state index contributed by atoms with van der Waals surface area (Å²) in [5.74, 6) is -0.456. The zero-order chi connectivity index (χ0) is 17.4. The van der Waals surface area contributed by atoms with E-state index in [4.69, 9.17) is 4.42 Å². The Kier molecular flexibility index (Phi) is 3.87. The first-order valence-electron chi connectivity index (χ1n) is 8.18. The van der Waals surface area contributed by atoms with E-state index >= 15 is 0 Å². The van der Waals surface area contributed by atoms with E-state index in [9.17, 15) is 9.18 Å². The molecule has 0 bridgehead atoms. The average molecular weight is 343 g/mol. The van der Waals surface area contributed by atoms with Crippen LogP contribution < -0.4 is 10.2 Å². The second-order valence-electron chi connectivity index (χ2n) is 6.23. The van der Waals surface area contributed by atoms with Crippen LogP contribution in [0.4, 0.5) is 10.4 Å². The highest BCUT2D eigenvalue weighted by atomic mass is 19.1. The number of hydrogen-bond acceptors (Lipinski definition) is 5. The molecule has 1 amide bonds. The van der Waals surface area contributed by atoms with Gasteiger partial charge >= 0.3 is 0 Å². The molecule has 0 radical (unpaired) electrons. The highest BCUT2D eigenvalue weighted by Gasteiger charge is 2.24. The van der Waals surface area contributed by atoms with Gasteiger partial charge in [0.25, 0.3) is 11.9 Å². The maximum atomic E-state index is 13.3. The van der Waals surface area contributed by atoms with Crippen molar-refractivity contribution in [1.29, 1.82) is 0 Å². The lowest BCUT2D eigenvalue weighted by atomic mass is 10.1. The van der Waals surface area contributed by atoms with Gasteiger partial charge in [0.1, 0.15) is 17.0 Å². The van der Waals surface area contributed by atoms with E-state index in [0.29, 0.717) is 35.9 Å². The van der Waals surface area contributed by atoms with Gasteiger partial charge in [0.2, 0.25) is 0 Å². The van der Waals surface area contributed by atoms with E-state index in [1.54, 1.807) is 30.2 Å². The lowest BCUT2D eigenvalue weighted by Crippen LogP contribution is -2.45. The Morgan fingerprint density at radius 2 is 2.16 bits per heavy atom. The highest BCUT2D eigenvalue weighted by molar-refractivity contribution is 5.92. The molecule has 7 nitrogen and oxygen atoms in total. The van der Waals surface area contributed by atoms with Crippen LogP contribution in [0.15, 0.2) is 35.1 Å². The van der Waals surface area contributed by atoms with Crippen molar-refractivity contribution in [3.63, 3.8) is 0 Å². The SMILES string of the molecule is Cn1cncc1C(=O)NC1CCN(c2nc3ccc(F)cc3o2)CC1. The zero-order valence-electron chi connectivity index (χ0n) is 13.8. The summed E-state index contributed by atoms with van der Waals surface area (Å²) in [6.45, 7) is 1.43. The molecule has 1 fully saturated rings. The van der Waals surface area contributed by atoms with E-state index in [1.165, 1.54) is 12.1 Å². The van der Waals surface area contributed by atoms with Crippen LogP contribution in [0.1, 0.15) is 23.3 Å². The number of halogens is 1. The standard InChI is InChI=1S/C17H18FN5O2/c1-22-10-19-9-14(22)16(24)20-12-4-6-23(7-5-12)17-21-13-3-2-11(18)8-15(13)25-17/h2-3,8-10,12H,4-7H2,1H3,(H,20,24). The Labute approximate surface area is 143 Å². The Bertz CT molecular complexity index is 911. The van der Waals surface area contributed by atoms with Gasteiger partial charge in [-0.15, -0.1) is 0 Å². The predicted molar refractivity (Wildman–Crippen MR) is 89.9 cm³/mol. The van der Waals surface area contributed by atoms with Gasteiger partial charge in [0.15, 0.2) is 5.58 Å². The first kappa shape index (κ1) is 15.6. The number of nitrogens with zero attached hydrogens (tertiary/aromatic N) is 4. The van der Waals surface area contributed by atoms with Gasteiger partial charge in [-0.3, -0.25) is 4.79 Å². The van der Waals surface area contributed by atoms with Gasteiger partial charge in [0, 0.05) is 32.2 Å². The number of carbonyl (C=O) groups excluding carboxylic acids is 1. The number of carbonyl (C=O) groups is 1. The van der Waals surface area contributed by atoms with Gasteiger partial charge in [-0.05, 0) is 25.0 Å². The molecule has 1 N–H and O–H groups in total. The number of hydrogen-bond donors (Lipinski definition) is 1. The number of piperidine rings is 1. The van der Waals surface area contributed by atoms with E-state index in [1.807, 2.05) is 4.90 Å². The maximum Gasteiger partial charge on any atom is 0.298 e. The van der Waals surface area contributed by atoms with Crippen LogP contribution in [0, 0.1) is 5.82 Å². The molecule has 4 rings (SSSR count). The molecule has 25 heavy (non-hydrogen) atoms. The normalized spacial score (nSPS) is 15.7. The van der Waals surface area contributed by atoms with Crippen LogP contribution >= 0.6 is 0 Å². The molecule has 0 saturated carbocycles. The van der Waals surface area contributed by atoms with Crippen molar-refractivity contribution in [1.82, 2.24) is 19.9 Å². The summed E-state index contributed by atoms with van der Waals surface area (Å²) in [5, 5.41) is 3.04. The summed E-state index contributed by atoms with van der Waals surface area (Å²) in [5.41, 5.74) is 1.63. The topological polar surface area (TPSA) is 76.2 Å². The molecule has 1 saturated heterocycles. The number of amides is 1. The molecule has 1 aliphatic heterocycles. The monoisotopic (exact) mass is 343 g/mol. The molecule has 8 heteroatoms.